The van der Waals surface area contributed by atoms with Crippen LogP contribution in [0.15, 0.2) is 0 Å². The summed E-state index contributed by atoms with van der Waals surface area (Å²) in [5.41, 5.74) is 0. The van der Waals surface area contributed by atoms with Gasteiger partial charge in [-0.3, -0.25) is 9.69 Å². The summed E-state index contributed by atoms with van der Waals surface area (Å²) < 4.78 is 0. The molecule has 2 heterocycles. The topological polar surface area (TPSA) is 35.6 Å². The van der Waals surface area contributed by atoms with Crippen molar-refractivity contribution in [2.75, 3.05) is 26.2 Å². The second-order valence-corrected chi connectivity index (χ2v) is 7.97. The number of carbonyl (C=O) groups excluding carboxylic acids is 1. The van der Waals surface area contributed by atoms with Crippen molar-refractivity contribution in [3.8, 4) is 0 Å². The van der Waals surface area contributed by atoms with Crippen molar-refractivity contribution < 1.29 is 4.79 Å². The number of amides is 1. The SMILES string of the molecule is O=C(NC1CC1)C1CCCN(C2CCN(C3CCC3)CC2)C1. The van der Waals surface area contributed by atoms with Gasteiger partial charge < -0.3 is 10.2 Å². The normalized spacial score (nSPS) is 32.6. The van der Waals surface area contributed by atoms with Crippen molar-refractivity contribution in [2.45, 2.75) is 75.9 Å². The molecule has 22 heavy (non-hydrogen) atoms. The minimum absolute atomic E-state index is 0.249. The van der Waals surface area contributed by atoms with E-state index in [-0.39, 0.29) is 5.92 Å². The van der Waals surface area contributed by atoms with Gasteiger partial charge in [-0.05, 0) is 71.0 Å². The Hall–Kier alpha value is -0.610. The summed E-state index contributed by atoms with van der Waals surface area (Å²) in [4.78, 5) is 17.7. The smallest absolute Gasteiger partial charge is 0.224 e. The van der Waals surface area contributed by atoms with Crippen molar-refractivity contribution in [3.05, 3.63) is 0 Å². The Kier molecular flexibility index (Phi) is 4.40. The van der Waals surface area contributed by atoms with Gasteiger partial charge in [0.1, 0.15) is 0 Å². The number of piperidine rings is 2. The van der Waals surface area contributed by atoms with Gasteiger partial charge in [-0.25, -0.2) is 0 Å². The van der Waals surface area contributed by atoms with Crippen LogP contribution in [0.25, 0.3) is 0 Å². The predicted octanol–water partition coefficient (Wildman–Crippen LogP) is 1.99. The van der Waals surface area contributed by atoms with Crippen molar-refractivity contribution in [3.63, 3.8) is 0 Å². The Bertz CT molecular complexity index is 397. The Balaban J connectivity index is 1.26. The summed E-state index contributed by atoms with van der Waals surface area (Å²) >= 11 is 0. The molecule has 124 valence electrons. The molecule has 2 saturated heterocycles. The lowest BCUT2D eigenvalue weighted by Gasteiger charge is -2.45. The molecule has 0 radical (unpaired) electrons. The van der Waals surface area contributed by atoms with Crippen LogP contribution in [0.1, 0.15) is 57.8 Å². The second-order valence-electron chi connectivity index (χ2n) is 7.97. The van der Waals surface area contributed by atoms with E-state index >= 15 is 0 Å². The largest absolute Gasteiger partial charge is 0.353 e. The number of nitrogens with zero attached hydrogens (tertiary/aromatic N) is 2. The highest BCUT2D eigenvalue weighted by atomic mass is 16.2. The Morgan fingerprint density at radius 3 is 2.14 bits per heavy atom. The van der Waals surface area contributed by atoms with Gasteiger partial charge in [0.05, 0.1) is 5.92 Å². The maximum Gasteiger partial charge on any atom is 0.224 e. The van der Waals surface area contributed by atoms with E-state index in [1.54, 1.807) is 0 Å². The van der Waals surface area contributed by atoms with Crippen LogP contribution in [-0.2, 0) is 4.79 Å². The average Bonchev–Trinajstić information content (AvgIpc) is 3.30. The van der Waals surface area contributed by atoms with E-state index in [0.29, 0.717) is 11.9 Å². The molecule has 0 bridgehead atoms. The third kappa shape index (κ3) is 3.33. The summed E-state index contributed by atoms with van der Waals surface area (Å²) in [6.07, 6.45) is 11.6. The molecule has 4 nitrogen and oxygen atoms in total. The van der Waals surface area contributed by atoms with Crippen LogP contribution in [-0.4, -0.2) is 60.0 Å². The number of hydrogen-bond acceptors (Lipinski definition) is 3. The first kappa shape index (κ1) is 14.9. The van der Waals surface area contributed by atoms with Gasteiger partial charge in [-0.2, -0.15) is 0 Å². The van der Waals surface area contributed by atoms with Crippen molar-refractivity contribution in [1.29, 1.82) is 0 Å². The molecule has 1 N–H and O–H groups in total. The number of hydrogen-bond donors (Lipinski definition) is 1. The molecule has 4 heteroatoms. The van der Waals surface area contributed by atoms with Crippen LogP contribution < -0.4 is 5.32 Å². The summed E-state index contributed by atoms with van der Waals surface area (Å²) in [6.45, 7) is 4.78. The van der Waals surface area contributed by atoms with Gasteiger partial charge in [-0.1, -0.05) is 6.42 Å². The maximum atomic E-state index is 12.3. The lowest BCUT2D eigenvalue weighted by atomic mass is 9.88. The van der Waals surface area contributed by atoms with Crippen molar-refractivity contribution in [1.82, 2.24) is 15.1 Å². The van der Waals surface area contributed by atoms with Gasteiger partial charge >= 0.3 is 0 Å². The van der Waals surface area contributed by atoms with E-state index in [0.717, 1.165) is 25.0 Å². The Morgan fingerprint density at radius 2 is 1.50 bits per heavy atom. The molecule has 2 aliphatic carbocycles. The first-order valence-corrected chi connectivity index (χ1v) is 9.58. The average molecular weight is 305 g/mol. The van der Waals surface area contributed by atoms with E-state index in [1.165, 1.54) is 71.0 Å². The van der Waals surface area contributed by atoms with E-state index in [1.807, 2.05) is 0 Å². The third-order valence-electron chi connectivity index (χ3n) is 6.35. The van der Waals surface area contributed by atoms with Gasteiger partial charge in [0, 0.05) is 24.7 Å². The summed E-state index contributed by atoms with van der Waals surface area (Å²) in [5, 5.41) is 3.21. The molecule has 2 saturated carbocycles. The van der Waals surface area contributed by atoms with Crippen molar-refractivity contribution in [2.24, 2.45) is 5.92 Å². The van der Waals surface area contributed by atoms with Crippen LogP contribution in [0.4, 0.5) is 0 Å². The molecule has 2 aliphatic heterocycles. The second kappa shape index (κ2) is 6.48. The highest BCUT2D eigenvalue weighted by molar-refractivity contribution is 5.79. The molecule has 0 spiro atoms. The first-order chi connectivity index (χ1) is 10.8. The van der Waals surface area contributed by atoms with Crippen LogP contribution in [0.3, 0.4) is 0 Å². The van der Waals surface area contributed by atoms with Crippen LogP contribution in [0, 0.1) is 5.92 Å². The Morgan fingerprint density at radius 1 is 0.773 bits per heavy atom. The molecule has 1 unspecified atom stereocenters. The lowest BCUT2D eigenvalue weighted by Crippen LogP contribution is -2.53. The minimum atomic E-state index is 0.249. The van der Waals surface area contributed by atoms with Crippen LogP contribution in [0.2, 0.25) is 0 Å². The van der Waals surface area contributed by atoms with Gasteiger partial charge in [0.25, 0.3) is 0 Å². The van der Waals surface area contributed by atoms with Crippen molar-refractivity contribution >= 4 is 5.91 Å². The zero-order valence-electron chi connectivity index (χ0n) is 13.8. The quantitative estimate of drug-likeness (QED) is 0.863. The monoisotopic (exact) mass is 305 g/mol. The number of rotatable bonds is 4. The number of likely N-dealkylation sites (tertiary alicyclic amines) is 2. The van der Waals surface area contributed by atoms with E-state index in [4.69, 9.17) is 0 Å². The maximum absolute atomic E-state index is 12.3. The molecular formula is C18H31N3O. The van der Waals surface area contributed by atoms with E-state index in [2.05, 4.69) is 15.1 Å². The zero-order chi connectivity index (χ0) is 14.9. The van der Waals surface area contributed by atoms with Gasteiger partial charge in [-0.15, -0.1) is 0 Å². The van der Waals surface area contributed by atoms with Gasteiger partial charge in [0.2, 0.25) is 5.91 Å². The van der Waals surface area contributed by atoms with Gasteiger partial charge in [0.15, 0.2) is 0 Å². The fourth-order valence-corrected chi connectivity index (χ4v) is 4.47. The summed E-state index contributed by atoms with van der Waals surface area (Å²) in [7, 11) is 0. The molecular weight excluding hydrogens is 274 g/mol. The number of nitrogens with one attached hydrogen (secondary N) is 1. The minimum Gasteiger partial charge on any atom is -0.353 e. The summed E-state index contributed by atoms with van der Waals surface area (Å²) in [5.74, 6) is 0.582. The number of carbonyl (C=O) groups is 1. The fraction of sp³-hybridized carbons (Fsp3) is 0.944. The fourth-order valence-electron chi connectivity index (χ4n) is 4.47. The third-order valence-corrected chi connectivity index (χ3v) is 6.35. The van der Waals surface area contributed by atoms with Crippen LogP contribution >= 0.6 is 0 Å². The lowest BCUT2D eigenvalue weighted by molar-refractivity contribution is -0.127. The molecule has 1 atom stereocenters. The van der Waals surface area contributed by atoms with E-state index in [9.17, 15) is 4.79 Å². The molecule has 0 aromatic rings. The molecule has 1 amide bonds. The molecule has 4 aliphatic rings. The predicted molar refractivity (Wildman–Crippen MR) is 87.7 cm³/mol. The zero-order valence-corrected chi connectivity index (χ0v) is 13.8. The molecule has 4 rings (SSSR count). The highest BCUT2D eigenvalue weighted by Crippen LogP contribution is 2.30. The van der Waals surface area contributed by atoms with Crippen LogP contribution in [0.5, 0.6) is 0 Å². The summed E-state index contributed by atoms with van der Waals surface area (Å²) in [6, 6.07) is 2.14. The molecule has 0 aromatic carbocycles. The molecule has 4 fully saturated rings. The Labute approximate surface area is 134 Å². The first-order valence-electron chi connectivity index (χ1n) is 9.58. The highest BCUT2D eigenvalue weighted by Gasteiger charge is 2.35. The van der Waals surface area contributed by atoms with E-state index < -0.39 is 0 Å². The molecule has 0 aromatic heterocycles. The standard InChI is InChI=1S/C18H31N3O/c22-18(19-15-6-7-15)14-3-2-10-21(13-14)17-8-11-20(12-9-17)16-4-1-5-16/h14-17H,1-13H2,(H,19,22).